The lowest BCUT2D eigenvalue weighted by atomic mass is 9.89. The summed E-state index contributed by atoms with van der Waals surface area (Å²) in [6, 6.07) is 11.2. The first-order chi connectivity index (χ1) is 16.8. The Balaban J connectivity index is 1.62. The molecule has 0 aromatic heterocycles. The molecule has 35 heavy (non-hydrogen) atoms. The molecule has 1 amide bonds. The van der Waals surface area contributed by atoms with Crippen molar-refractivity contribution in [2.24, 2.45) is 0 Å². The number of piperazine rings is 1. The van der Waals surface area contributed by atoms with Gasteiger partial charge < -0.3 is 15.4 Å². The maximum atomic E-state index is 14.2. The van der Waals surface area contributed by atoms with Crippen LogP contribution in [0.25, 0.3) is 0 Å². The smallest absolute Gasteiger partial charge is 0.327 e. The average Bonchev–Trinajstić information content (AvgIpc) is 3.15. The van der Waals surface area contributed by atoms with Gasteiger partial charge in [-0.3, -0.25) is 9.59 Å². The van der Waals surface area contributed by atoms with E-state index in [1.807, 2.05) is 0 Å². The molecule has 10 heteroatoms. The highest BCUT2D eigenvalue weighted by Gasteiger charge is 2.60. The van der Waals surface area contributed by atoms with E-state index in [9.17, 15) is 27.2 Å². The maximum absolute atomic E-state index is 14.2. The summed E-state index contributed by atoms with van der Waals surface area (Å²) in [5.74, 6) is -4.13. The number of anilines is 1. The first-order valence-corrected chi connectivity index (χ1v) is 10.8. The summed E-state index contributed by atoms with van der Waals surface area (Å²) in [5, 5.41) is 5.45. The normalized spacial score (nSPS) is 21.3. The Hall–Kier alpha value is -3.76. The first kappa shape index (κ1) is 23.0. The van der Waals surface area contributed by atoms with E-state index in [0.29, 0.717) is 17.2 Å². The molecule has 180 valence electrons. The lowest BCUT2D eigenvalue weighted by molar-refractivity contribution is -0.152. The summed E-state index contributed by atoms with van der Waals surface area (Å²) >= 11 is 0. The summed E-state index contributed by atoms with van der Waals surface area (Å²) in [7, 11) is 0. The predicted octanol–water partition coefficient (Wildman–Crippen LogP) is 3.28. The minimum absolute atomic E-state index is 0.0614. The van der Waals surface area contributed by atoms with E-state index in [-0.39, 0.29) is 18.8 Å². The van der Waals surface area contributed by atoms with Crippen LogP contribution in [0.4, 0.5) is 23.2 Å². The molecule has 2 N–H and O–H groups in total. The third-order valence-corrected chi connectivity index (χ3v) is 6.19. The minimum Gasteiger partial charge on any atom is -0.434 e. The molecule has 2 unspecified atom stereocenters. The van der Waals surface area contributed by atoms with E-state index >= 15 is 0 Å². The van der Waals surface area contributed by atoms with Crippen molar-refractivity contribution in [3.63, 3.8) is 0 Å². The lowest BCUT2D eigenvalue weighted by Crippen LogP contribution is -2.65. The maximum Gasteiger partial charge on any atom is 0.327 e. The van der Waals surface area contributed by atoms with E-state index in [1.165, 1.54) is 53.4 Å². The topological polar surface area (TPSA) is 70.7 Å². The fourth-order valence-electron chi connectivity index (χ4n) is 4.63. The van der Waals surface area contributed by atoms with Gasteiger partial charge in [0.25, 0.3) is 0 Å². The average molecular weight is 485 g/mol. The number of cyclic esters (lactones) is 1. The van der Waals surface area contributed by atoms with Crippen LogP contribution in [0.5, 0.6) is 0 Å². The van der Waals surface area contributed by atoms with Crippen molar-refractivity contribution >= 4 is 17.6 Å². The molecule has 2 aliphatic heterocycles. The van der Waals surface area contributed by atoms with Crippen molar-refractivity contribution in [1.29, 1.82) is 0 Å². The quantitative estimate of drug-likeness (QED) is 0.439. The summed E-state index contributed by atoms with van der Waals surface area (Å²) < 4.78 is 61.0. The van der Waals surface area contributed by atoms with Gasteiger partial charge in [-0.05, 0) is 36.4 Å². The Bertz CT molecular complexity index is 1240. The standard InChI is InChI=1S/C25H19F4N3O3/c26-16-5-1-14(2-6-16)25(15-3-7-17(27)8-4-15)32-21(12-30-13-22(32)24(34)35-25)23(33)31-20-10-9-18(28)11-19(20)29/h1-11,21-22,30H,12-13H2,(H,31,33). The van der Waals surface area contributed by atoms with Crippen molar-refractivity contribution in [2.75, 3.05) is 18.4 Å². The van der Waals surface area contributed by atoms with Crippen molar-refractivity contribution in [3.05, 3.63) is 101 Å². The molecule has 0 saturated carbocycles. The molecular formula is C25H19F4N3O3. The fourth-order valence-corrected chi connectivity index (χ4v) is 4.63. The number of nitrogens with zero attached hydrogens (tertiary/aromatic N) is 1. The number of halogens is 4. The Kier molecular flexibility index (Phi) is 5.78. The number of hydrogen-bond donors (Lipinski definition) is 2. The number of amides is 1. The highest BCUT2D eigenvalue weighted by molar-refractivity contribution is 5.96. The molecule has 2 aliphatic rings. The first-order valence-electron chi connectivity index (χ1n) is 10.8. The number of ether oxygens (including phenoxy) is 1. The van der Waals surface area contributed by atoms with Gasteiger partial charge in [-0.15, -0.1) is 0 Å². The van der Waals surface area contributed by atoms with E-state index in [1.54, 1.807) is 0 Å². The summed E-state index contributed by atoms with van der Waals surface area (Å²) in [6.07, 6.45) is 0. The van der Waals surface area contributed by atoms with Gasteiger partial charge >= 0.3 is 5.97 Å². The number of carbonyl (C=O) groups is 2. The third-order valence-electron chi connectivity index (χ3n) is 6.19. The summed E-state index contributed by atoms with van der Waals surface area (Å²) in [6.45, 7) is 0.212. The Morgan fingerprint density at radius 2 is 1.46 bits per heavy atom. The molecule has 0 aliphatic carbocycles. The summed E-state index contributed by atoms with van der Waals surface area (Å²) in [4.78, 5) is 27.9. The number of fused-ring (bicyclic) bond motifs is 1. The van der Waals surface area contributed by atoms with E-state index in [2.05, 4.69) is 10.6 Å². The molecule has 2 heterocycles. The van der Waals surface area contributed by atoms with E-state index in [0.717, 1.165) is 12.1 Å². The highest BCUT2D eigenvalue weighted by atomic mass is 19.1. The van der Waals surface area contributed by atoms with Crippen molar-refractivity contribution in [1.82, 2.24) is 10.2 Å². The Morgan fingerprint density at radius 1 is 0.886 bits per heavy atom. The van der Waals surface area contributed by atoms with Crippen molar-refractivity contribution in [2.45, 2.75) is 17.8 Å². The fraction of sp³-hybridized carbons (Fsp3) is 0.200. The van der Waals surface area contributed by atoms with Crippen LogP contribution in [0.3, 0.4) is 0 Å². The number of hydrogen-bond acceptors (Lipinski definition) is 5. The van der Waals surface area contributed by atoms with Crippen LogP contribution in [0.1, 0.15) is 11.1 Å². The zero-order chi connectivity index (χ0) is 24.7. The second-order valence-corrected chi connectivity index (χ2v) is 8.29. The van der Waals surface area contributed by atoms with Gasteiger partial charge in [-0.1, -0.05) is 24.3 Å². The number of benzene rings is 3. The Labute approximate surface area is 197 Å². The van der Waals surface area contributed by atoms with Gasteiger partial charge in [0.05, 0.1) is 5.69 Å². The zero-order valence-electron chi connectivity index (χ0n) is 18.1. The number of nitrogens with one attached hydrogen (secondary N) is 2. The van der Waals surface area contributed by atoms with Crippen LogP contribution in [0.2, 0.25) is 0 Å². The number of esters is 1. The molecule has 3 aromatic rings. The van der Waals surface area contributed by atoms with Crippen LogP contribution in [0, 0.1) is 23.3 Å². The molecule has 6 nitrogen and oxygen atoms in total. The molecule has 5 rings (SSSR count). The van der Waals surface area contributed by atoms with Gasteiger partial charge in [0, 0.05) is 30.3 Å². The summed E-state index contributed by atoms with van der Waals surface area (Å²) in [5.41, 5.74) is -1.24. The number of carbonyl (C=O) groups excluding carboxylic acids is 2. The third kappa shape index (κ3) is 3.94. The molecule has 2 saturated heterocycles. The van der Waals surface area contributed by atoms with Crippen LogP contribution < -0.4 is 10.6 Å². The van der Waals surface area contributed by atoms with E-state index in [4.69, 9.17) is 4.74 Å². The zero-order valence-corrected chi connectivity index (χ0v) is 18.1. The Morgan fingerprint density at radius 3 is 2.03 bits per heavy atom. The molecule has 0 spiro atoms. The second kappa shape index (κ2) is 8.79. The van der Waals surface area contributed by atoms with Crippen LogP contribution >= 0.6 is 0 Å². The van der Waals surface area contributed by atoms with Gasteiger partial charge in [0.15, 0.2) is 0 Å². The van der Waals surface area contributed by atoms with Crippen molar-refractivity contribution < 1.29 is 31.9 Å². The van der Waals surface area contributed by atoms with Crippen LogP contribution in [-0.2, 0) is 20.1 Å². The molecule has 0 bridgehead atoms. The molecule has 2 atom stereocenters. The van der Waals surface area contributed by atoms with Gasteiger partial charge in [-0.2, -0.15) is 0 Å². The van der Waals surface area contributed by atoms with Gasteiger partial charge in [-0.25, -0.2) is 22.5 Å². The molecule has 0 radical (unpaired) electrons. The second-order valence-electron chi connectivity index (χ2n) is 8.29. The monoisotopic (exact) mass is 485 g/mol. The largest absolute Gasteiger partial charge is 0.434 e. The predicted molar refractivity (Wildman–Crippen MR) is 117 cm³/mol. The van der Waals surface area contributed by atoms with E-state index < -0.39 is 53.0 Å². The molecular weight excluding hydrogens is 466 g/mol. The SMILES string of the molecule is O=C(Nc1ccc(F)cc1F)C1CNCC2C(=O)OC(c3ccc(F)cc3)(c3ccc(F)cc3)N12. The molecule has 2 fully saturated rings. The van der Waals surface area contributed by atoms with Gasteiger partial charge in [0.1, 0.15) is 35.4 Å². The van der Waals surface area contributed by atoms with Crippen LogP contribution in [-0.4, -0.2) is 41.9 Å². The van der Waals surface area contributed by atoms with Gasteiger partial charge in [0.2, 0.25) is 11.6 Å². The molecule has 3 aromatic carbocycles. The van der Waals surface area contributed by atoms with Crippen molar-refractivity contribution in [3.8, 4) is 0 Å². The minimum atomic E-state index is -1.69. The highest BCUT2D eigenvalue weighted by Crippen LogP contribution is 2.46. The van der Waals surface area contributed by atoms with Crippen LogP contribution in [0.15, 0.2) is 66.7 Å². The number of rotatable bonds is 4. The lowest BCUT2D eigenvalue weighted by Gasteiger charge is -2.44.